The molecule has 3 aliphatic rings. The molecule has 0 radical (unpaired) electrons. The Morgan fingerprint density at radius 2 is 1.85 bits per heavy atom. The minimum atomic E-state index is -2.96. The molecule has 0 saturated carbocycles. The summed E-state index contributed by atoms with van der Waals surface area (Å²) in [4.78, 5) is 21.6. The number of aliphatic imine (C=N–C) groups is 1. The fourth-order valence-corrected chi connectivity index (χ4v) is 8.07. The second kappa shape index (κ2) is 8.90. The van der Waals surface area contributed by atoms with Gasteiger partial charge in [-0.3, -0.25) is 9.79 Å². The summed E-state index contributed by atoms with van der Waals surface area (Å²) in [7, 11) is -1.30. The number of ether oxygens (including phenoxy) is 1. The zero-order chi connectivity index (χ0) is 23.0. The standard InChI is InChI=1S/C23H26N4O4S2/c1-31-19-4-2-3-18(13-19)26-9-11-27(12-10-26)22(28)16-5-7-17(8-6-16)24-23-25-20-14-33(29,30)15-21(20)32-23/h2-8,13,20-21H,9-12,14-15H2,1H3,(H,24,25)/t20-,21-/m1/s1. The van der Waals surface area contributed by atoms with Crippen molar-refractivity contribution in [3.8, 4) is 5.75 Å². The molecule has 0 spiro atoms. The minimum Gasteiger partial charge on any atom is -0.497 e. The molecular formula is C23H26N4O4S2. The van der Waals surface area contributed by atoms with Gasteiger partial charge in [-0.05, 0) is 36.4 Å². The Balaban J connectivity index is 1.16. The van der Waals surface area contributed by atoms with Crippen LogP contribution in [0.15, 0.2) is 53.5 Å². The predicted octanol–water partition coefficient (Wildman–Crippen LogP) is 2.34. The van der Waals surface area contributed by atoms with Gasteiger partial charge in [0.15, 0.2) is 15.0 Å². The van der Waals surface area contributed by atoms with Gasteiger partial charge in [0.2, 0.25) is 0 Å². The minimum absolute atomic E-state index is 0.00833. The summed E-state index contributed by atoms with van der Waals surface area (Å²) in [5, 5.41) is 4.00. The molecule has 2 fully saturated rings. The Bertz CT molecular complexity index is 1180. The van der Waals surface area contributed by atoms with Crippen molar-refractivity contribution in [2.24, 2.45) is 4.99 Å². The van der Waals surface area contributed by atoms with Gasteiger partial charge < -0.3 is 19.9 Å². The maximum atomic E-state index is 13.0. The highest BCUT2D eigenvalue weighted by molar-refractivity contribution is 8.15. The molecule has 0 aromatic heterocycles. The number of hydrogen-bond donors (Lipinski definition) is 1. The molecule has 3 aliphatic heterocycles. The van der Waals surface area contributed by atoms with E-state index in [1.54, 1.807) is 7.11 Å². The third-order valence-corrected chi connectivity index (χ3v) is 9.33. The molecule has 2 aromatic rings. The van der Waals surface area contributed by atoms with Gasteiger partial charge in [-0.15, -0.1) is 0 Å². The van der Waals surface area contributed by atoms with Gasteiger partial charge >= 0.3 is 0 Å². The summed E-state index contributed by atoms with van der Waals surface area (Å²) in [5.74, 6) is 1.18. The molecule has 174 valence electrons. The van der Waals surface area contributed by atoms with E-state index in [9.17, 15) is 13.2 Å². The lowest BCUT2D eigenvalue weighted by Gasteiger charge is -2.36. The van der Waals surface area contributed by atoms with Crippen LogP contribution < -0.4 is 15.0 Å². The fraction of sp³-hybridized carbons (Fsp3) is 0.391. The van der Waals surface area contributed by atoms with Crippen molar-refractivity contribution >= 4 is 44.0 Å². The van der Waals surface area contributed by atoms with Gasteiger partial charge in [0, 0.05) is 54.4 Å². The number of nitrogens with one attached hydrogen (secondary N) is 1. The Kier molecular flexibility index (Phi) is 5.96. The van der Waals surface area contributed by atoms with E-state index in [0.29, 0.717) is 18.7 Å². The smallest absolute Gasteiger partial charge is 0.253 e. The van der Waals surface area contributed by atoms with Crippen molar-refractivity contribution in [1.29, 1.82) is 0 Å². The topological polar surface area (TPSA) is 91.3 Å². The van der Waals surface area contributed by atoms with Gasteiger partial charge in [-0.1, -0.05) is 17.8 Å². The van der Waals surface area contributed by atoms with Gasteiger partial charge in [0.05, 0.1) is 24.7 Å². The van der Waals surface area contributed by atoms with E-state index in [-0.39, 0.29) is 28.7 Å². The van der Waals surface area contributed by atoms with E-state index in [1.165, 1.54) is 11.8 Å². The van der Waals surface area contributed by atoms with Crippen LogP contribution in [0, 0.1) is 0 Å². The Morgan fingerprint density at radius 3 is 2.55 bits per heavy atom. The number of amidine groups is 1. The van der Waals surface area contributed by atoms with Crippen LogP contribution in [0.25, 0.3) is 0 Å². The quantitative estimate of drug-likeness (QED) is 0.709. The average molecular weight is 487 g/mol. The SMILES string of the molecule is COc1cccc(N2CCN(C(=O)c3ccc(NC4=N[C@@H]5CS(=O)(=O)C[C@H]5S4)cc3)CC2)c1. The number of nitrogens with zero attached hydrogens (tertiary/aromatic N) is 3. The van der Waals surface area contributed by atoms with Crippen LogP contribution in [-0.4, -0.2) is 80.5 Å². The highest BCUT2D eigenvalue weighted by atomic mass is 32.2. The molecule has 10 heteroatoms. The van der Waals surface area contributed by atoms with E-state index < -0.39 is 9.84 Å². The highest BCUT2D eigenvalue weighted by Gasteiger charge is 2.42. The first-order valence-electron chi connectivity index (χ1n) is 10.9. The van der Waals surface area contributed by atoms with Crippen LogP contribution in [0.2, 0.25) is 0 Å². The Morgan fingerprint density at radius 1 is 1.09 bits per heavy atom. The van der Waals surface area contributed by atoms with Crippen LogP contribution in [-0.2, 0) is 9.84 Å². The molecule has 2 saturated heterocycles. The third kappa shape index (κ3) is 4.81. The Labute approximate surface area is 197 Å². The van der Waals surface area contributed by atoms with Crippen LogP contribution in [0.1, 0.15) is 10.4 Å². The zero-order valence-corrected chi connectivity index (χ0v) is 19.9. The number of rotatable bonds is 4. The van der Waals surface area contributed by atoms with Crippen molar-refractivity contribution in [2.75, 3.05) is 55.0 Å². The van der Waals surface area contributed by atoms with Crippen LogP contribution >= 0.6 is 11.8 Å². The monoisotopic (exact) mass is 486 g/mol. The van der Waals surface area contributed by atoms with Crippen molar-refractivity contribution in [1.82, 2.24) is 4.90 Å². The highest BCUT2D eigenvalue weighted by Crippen LogP contribution is 2.34. The lowest BCUT2D eigenvalue weighted by atomic mass is 10.1. The second-order valence-corrected chi connectivity index (χ2v) is 11.8. The molecule has 1 amide bonds. The lowest BCUT2D eigenvalue weighted by molar-refractivity contribution is 0.0747. The zero-order valence-electron chi connectivity index (χ0n) is 18.3. The van der Waals surface area contributed by atoms with Gasteiger partial charge in [-0.2, -0.15) is 0 Å². The summed E-state index contributed by atoms with van der Waals surface area (Å²) < 4.78 is 28.7. The number of hydrogen-bond acceptors (Lipinski definition) is 8. The van der Waals surface area contributed by atoms with Gasteiger partial charge in [-0.25, -0.2) is 8.42 Å². The van der Waals surface area contributed by atoms with E-state index >= 15 is 0 Å². The molecule has 0 aliphatic carbocycles. The molecule has 0 bridgehead atoms. The van der Waals surface area contributed by atoms with E-state index in [2.05, 4.69) is 21.3 Å². The van der Waals surface area contributed by atoms with Crippen LogP contribution in [0.5, 0.6) is 5.75 Å². The first-order chi connectivity index (χ1) is 15.9. The molecule has 3 heterocycles. The number of piperazine rings is 1. The van der Waals surface area contributed by atoms with Crippen molar-refractivity contribution in [2.45, 2.75) is 11.3 Å². The first kappa shape index (κ1) is 22.1. The van der Waals surface area contributed by atoms with Crippen LogP contribution in [0.4, 0.5) is 11.4 Å². The largest absolute Gasteiger partial charge is 0.497 e. The number of amides is 1. The molecule has 8 nitrogen and oxygen atoms in total. The first-order valence-corrected chi connectivity index (χ1v) is 13.6. The second-order valence-electron chi connectivity index (χ2n) is 8.42. The normalized spacial score (nSPS) is 23.7. The van der Waals surface area contributed by atoms with Crippen molar-refractivity contribution in [3.63, 3.8) is 0 Å². The maximum absolute atomic E-state index is 13.0. The number of carbonyl (C=O) groups is 1. The number of fused-ring (bicyclic) bond motifs is 1. The van der Waals surface area contributed by atoms with E-state index in [1.807, 2.05) is 47.4 Å². The third-order valence-electron chi connectivity index (χ3n) is 6.19. The van der Waals surface area contributed by atoms with E-state index in [4.69, 9.17) is 4.74 Å². The molecule has 5 rings (SSSR count). The molecule has 33 heavy (non-hydrogen) atoms. The molecule has 1 N–H and O–H groups in total. The summed E-state index contributed by atoms with van der Waals surface area (Å²) in [5.41, 5.74) is 2.59. The number of benzene rings is 2. The average Bonchev–Trinajstić information content (AvgIpc) is 3.31. The fourth-order valence-electron chi connectivity index (χ4n) is 4.39. The lowest BCUT2D eigenvalue weighted by Crippen LogP contribution is -2.48. The molecule has 0 unspecified atom stereocenters. The predicted molar refractivity (Wildman–Crippen MR) is 132 cm³/mol. The molecule has 2 atom stereocenters. The molecular weight excluding hydrogens is 460 g/mol. The van der Waals surface area contributed by atoms with Gasteiger partial charge in [0.1, 0.15) is 5.75 Å². The summed E-state index contributed by atoms with van der Waals surface area (Å²) >= 11 is 1.48. The number of methoxy groups -OCH3 is 1. The van der Waals surface area contributed by atoms with Gasteiger partial charge in [0.25, 0.3) is 5.91 Å². The molecule has 2 aromatic carbocycles. The van der Waals surface area contributed by atoms with Crippen molar-refractivity contribution in [3.05, 3.63) is 54.1 Å². The van der Waals surface area contributed by atoms with Crippen molar-refractivity contribution < 1.29 is 17.9 Å². The number of sulfone groups is 1. The number of anilines is 2. The summed E-state index contributed by atoms with van der Waals surface area (Å²) in [6.07, 6.45) is 0. The summed E-state index contributed by atoms with van der Waals surface area (Å²) in [6, 6.07) is 15.2. The summed E-state index contributed by atoms with van der Waals surface area (Å²) in [6.45, 7) is 2.87. The number of thioether (sulfide) groups is 1. The van der Waals surface area contributed by atoms with Crippen LogP contribution in [0.3, 0.4) is 0 Å². The Hall–Kier alpha value is -2.72. The van der Waals surface area contributed by atoms with E-state index in [0.717, 1.165) is 35.4 Å². The maximum Gasteiger partial charge on any atom is 0.253 e. The number of carbonyl (C=O) groups excluding carboxylic acids is 1.